The lowest BCUT2D eigenvalue weighted by molar-refractivity contribution is -0.380. The Balaban J connectivity index is 2.11. The number of nitrogens with one attached hydrogen (secondary N) is 1. The fourth-order valence-electron chi connectivity index (χ4n) is 1.32. The number of nitrogens with zero attached hydrogens (tertiary/aromatic N) is 2. The minimum absolute atomic E-state index is 0.162. The molecule has 5 nitrogen and oxygen atoms in total. The SMILES string of the molecule is CC(C)CNc1ncc(-c2ccc([N+](=O)[O-])s2)s1. The van der Waals surface area contributed by atoms with E-state index in [4.69, 9.17) is 0 Å². The highest BCUT2D eigenvalue weighted by Crippen LogP contribution is 2.36. The van der Waals surface area contributed by atoms with Crippen molar-refractivity contribution < 1.29 is 4.92 Å². The first-order valence-corrected chi connectivity index (χ1v) is 7.14. The van der Waals surface area contributed by atoms with E-state index in [9.17, 15) is 10.1 Å². The summed E-state index contributed by atoms with van der Waals surface area (Å²) in [5.41, 5.74) is 0. The summed E-state index contributed by atoms with van der Waals surface area (Å²) in [6.45, 7) is 5.13. The molecule has 7 heteroatoms. The molecule has 0 saturated heterocycles. The molecule has 0 aliphatic heterocycles. The van der Waals surface area contributed by atoms with Gasteiger partial charge < -0.3 is 5.32 Å². The maximum atomic E-state index is 10.6. The van der Waals surface area contributed by atoms with Crippen molar-refractivity contribution in [2.24, 2.45) is 5.92 Å². The number of rotatable bonds is 5. The van der Waals surface area contributed by atoms with Crippen molar-refractivity contribution in [1.29, 1.82) is 0 Å². The van der Waals surface area contributed by atoms with Crippen LogP contribution in [0.2, 0.25) is 0 Å². The van der Waals surface area contributed by atoms with Gasteiger partial charge in [0.25, 0.3) is 0 Å². The van der Waals surface area contributed by atoms with E-state index in [1.807, 2.05) is 0 Å². The first-order valence-electron chi connectivity index (χ1n) is 5.50. The number of anilines is 1. The lowest BCUT2D eigenvalue weighted by atomic mass is 10.2. The molecule has 2 heterocycles. The van der Waals surface area contributed by atoms with E-state index in [0.717, 1.165) is 21.4 Å². The Labute approximate surface area is 113 Å². The monoisotopic (exact) mass is 283 g/mol. The van der Waals surface area contributed by atoms with Gasteiger partial charge in [0.05, 0.1) is 14.7 Å². The zero-order chi connectivity index (χ0) is 13.1. The second kappa shape index (κ2) is 5.45. The van der Waals surface area contributed by atoms with E-state index in [1.165, 1.54) is 28.7 Å². The van der Waals surface area contributed by atoms with Crippen LogP contribution in [0.4, 0.5) is 10.1 Å². The largest absolute Gasteiger partial charge is 0.361 e. The van der Waals surface area contributed by atoms with Gasteiger partial charge in [0.1, 0.15) is 0 Å². The third-order valence-electron chi connectivity index (χ3n) is 2.18. The van der Waals surface area contributed by atoms with Gasteiger partial charge in [-0.3, -0.25) is 10.1 Å². The van der Waals surface area contributed by atoms with Crippen LogP contribution >= 0.6 is 22.7 Å². The van der Waals surface area contributed by atoms with Crippen molar-refractivity contribution in [2.45, 2.75) is 13.8 Å². The zero-order valence-corrected chi connectivity index (χ0v) is 11.7. The standard InChI is InChI=1S/C11H13N3O2S2/c1-7(2)5-12-11-13-6-9(18-11)8-3-4-10(17-8)14(15)16/h3-4,6-7H,5H2,1-2H3,(H,12,13). The highest BCUT2D eigenvalue weighted by atomic mass is 32.1. The average Bonchev–Trinajstić information content (AvgIpc) is 2.95. The summed E-state index contributed by atoms with van der Waals surface area (Å²) in [6.07, 6.45) is 1.75. The second-order valence-electron chi connectivity index (χ2n) is 4.20. The topological polar surface area (TPSA) is 68.1 Å². The summed E-state index contributed by atoms with van der Waals surface area (Å²) in [5.74, 6) is 0.556. The van der Waals surface area contributed by atoms with Crippen LogP contribution in [0.3, 0.4) is 0 Å². The Morgan fingerprint density at radius 3 is 2.78 bits per heavy atom. The van der Waals surface area contributed by atoms with Crippen LogP contribution in [0.25, 0.3) is 9.75 Å². The van der Waals surface area contributed by atoms with Gasteiger partial charge in [0, 0.05) is 18.8 Å². The molecule has 0 bridgehead atoms. The maximum absolute atomic E-state index is 10.6. The van der Waals surface area contributed by atoms with Gasteiger partial charge in [-0.05, 0) is 12.0 Å². The number of thiazole rings is 1. The second-order valence-corrected chi connectivity index (χ2v) is 6.29. The van der Waals surface area contributed by atoms with E-state index >= 15 is 0 Å². The molecule has 0 atom stereocenters. The molecular formula is C11H13N3O2S2. The molecule has 2 rings (SSSR count). The molecule has 0 spiro atoms. The summed E-state index contributed by atoms with van der Waals surface area (Å²) in [4.78, 5) is 16.4. The minimum atomic E-state index is -0.368. The Morgan fingerprint density at radius 1 is 1.39 bits per heavy atom. The number of nitro groups is 1. The fraction of sp³-hybridized carbons (Fsp3) is 0.364. The first kappa shape index (κ1) is 13.0. The van der Waals surface area contributed by atoms with E-state index in [2.05, 4.69) is 24.1 Å². The normalized spacial score (nSPS) is 10.8. The molecule has 18 heavy (non-hydrogen) atoms. The summed E-state index contributed by atoms with van der Waals surface area (Å²) < 4.78 is 0. The molecular weight excluding hydrogens is 270 g/mol. The molecule has 0 aliphatic rings. The molecule has 1 N–H and O–H groups in total. The number of hydrogen-bond acceptors (Lipinski definition) is 6. The summed E-state index contributed by atoms with van der Waals surface area (Å²) in [6, 6.07) is 3.30. The molecule has 0 aliphatic carbocycles. The van der Waals surface area contributed by atoms with E-state index in [-0.39, 0.29) is 9.92 Å². The van der Waals surface area contributed by atoms with Gasteiger partial charge in [-0.25, -0.2) is 4.98 Å². The van der Waals surface area contributed by atoms with Crippen LogP contribution in [0.15, 0.2) is 18.3 Å². The lowest BCUT2D eigenvalue weighted by Crippen LogP contribution is -2.07. The molecule has 0 amide bonds. The Bertz CT molecular complexity index is 548. The predicted octanol–water partition coefficient (Wildman–Crippen LogP) is 3.85. The zero-order valence-electron chi connectivity index (χ0n) is 10.0. The van der Waals surface area contributed by atoms with Crippen LogP contribution in [0.5, 0.6) is 0 Å². The fourth-order valence-corrected chi connectivity index (χ4v) is 3.04. The minimum Gasteiger partial charge on any atom is -0.361 e. The van der Waals surface area contributed by atoms with Crippen LogP contribution < -0.4 is 5.32 Å². The van der Waals surface area contributed by atoms with E-state index in [1.54, 1.807) is 12.3 Å². The van der Waals surface area contributed by atoms with Crippen LogP contribution in [0, 0.1) is 16.0 Å². The van der Waals surface area contributed by atoms with Crippen LogP contribution in [-0.4, -0.2) is 16.5 Å². The van der Waals surface area contributed by atoms with Gasteiger partial charge in [-0.2, -0.15) is 0 Å². The van der Waals surface area contributed by atoms with Crippen LogP contribution in [0.1, 0.15) is 13.8 Å². The number of aromatic nitrogens is 1. The molecule has 0 fully saturated rings. The lowest BCUT2D eigenvalue weighted by Gasteiger charge is -2.04. The average molecular weight is 283 g/mol. The molecule has 0 saturated carbocycles. The smallest absolute Gasteiger partial charge is 0.324 e. The maximum Gasteiger partial charge on any atom is 0.324 e. The molecule has 0 unspecified atom stereocenters. The molecule has 0 aromatic carbocycles. The molecule has 2 aromatic rings. The first-order chi connectivity index (χ1) is 8.56. The molecule has 96 valence electrons. The van der Waals surface area contributed by atoms with Gasteiger partial charge in [0.15, 0.2) is 5.13 Å². The Kier molecular flexibility index (Phi) is 3.93. The van der Waals surface area contributed by atoms with Crippen LogP contribution in [-0.2, 0) is 0 Å². The Hall–Kier alpha value is -1.47. The number of thiophene rings is 1. The van der Waals surface area contributed by atoms with Gasteiger partial charge in [-0.15, -0.1) is 0 Å². The van der Waals surface area contributed by atoms with Crippen molar-refractivity contribution >= 4 is 32.8 Å². The molecule has 2 aromatic heterocycles. The quantitative estimate of drug-likeness (QED) is 0.668. The summed E-state index contributed by atoms with van der Waals surface area (Å²) in [5, 5.41) is 14.9. The van der Waals surface area contributed by atoms with E-state index < -0.39 is 0 Å². The number of hydrogen-bond donors (Lipinski definition) is 1. The third kappa shape index (κ3) is 3.05. The predicted molar refractivity (Wildman–Crippen MR) is 75.4 cm³/mol. The Morgan fingerprint density at radius 2 is 2.17 bits per heavy atom. The molecule has 0 radical (unpaired) electrons. The van der Waals surface area contributed by atoms with Crippen molar-refractivity contribution in [3.05, 3.63) is 28.4 Å². The third-order valence-corrected chi connectivity index (χ3v) is 4.37. The van der Waals surface area contributed by atoms with Crippen molar-refractivity contribution in [1.82, 2.24) is 4.98 Å². The van der Waals surface area contributed by atoms with Gasteiger partial charge >= 0.3 is 5.00 Å². The summed E-state index contributed by atoms with van der Waals surface area (Å²) in [7, 11) is 0. The van der Waals surface area contributed by atoms with Gasteiger partial charge in [-0.1, -0.05) is 36.5 Å². The van der Waals surface area contributed by atoms with E-state index in [0.29, 0.717) is 5.92 Å². The van der Waals surface area contributed by atoms with Crippen molar-refractivity contribution in [3.8, 4) is 9.75 Å². The highest BCUT2D eigenvalue weighted by molar-refractivity contribution is 7.25. The summed E-state index contributed by atoms with van der Waals surface area (Å²) >= 11 is 2.69. The van der Waals surface area contributed by atoms with Crippen molar-refractivity contribution in [3.63, 3.8) is 0 Å². The van der Waals surface area contributed by atoms with Crippen molar-refractivity contribution in [2.75, 3.05) is 11.9 Å². The van der Waals surface area contributed by atoms with Gasteiger partial charge in [0.2, 0.25) is 0 Å². The highest BCUT2D eigenvalue weighted by Gasteiger charge is 2.13.